The highest BCUT2D eigenvalue weighted by Gasteiger charge is 2.19. The third-order valence-corrected chi connectivity index (χ3v) is 2.28. The van der Waals surface area contributed by atoms with Gasteiger partial charge in [-0.2, -0.15) is 0 Å². The third-order valence-electron chi connectivity index (χ3n) is 2.28. The van der Waals surface area contributed by atoms with Gasteiger partial charge in [-0.15, -0.1) is 0 Å². The van der Waals surface area contributed by atoms with E-state index in [1.165, 1.54) is 0 Å². The summed E-state index contributed by atoms with van der Waals surface area (Å²) in [5.41, 5.74) is 0.950. The second-order valence-electron chi connectivity index (χ2n) is 3.15. The summed E-state index contributed by atoms with van der Waals surface area (Å²) >= 11 is 0. The van der Waals surface area contributed by atoms with Gasteiger partial charge >= 0.3 is 0 Å². The van der Waals surface area contributed by atoms with E-state index in [9.17, 15) is 5.11 Å². The first-order chi connectivity index (χ1) is 6.38. The molecule has 70 valence electrons. The molecule has 2 rings (SSSR count). The van der Waals surface area contributed by atoms with E-state index in [2.05, 4.69) is 0 Å². The summed E-state index contributed by atoms with van der Waals surface area (Å²) < 4.78 is 0. The van der Waals surface area contributed by atoms with Crippen molar-refractivity contribution in [2.75, 3.05) is 13.2 Å². The first-order valence-electron chi connectivity index (χ1n) is 4.40. The van der Waals surface area contributed by atoms with E-state index in [0.717, 1.165) is 12.0 Å². The van der Waals surface area contributed by atoms with E-state index in [-0.39, 0.29) is 5.92 Å². The highest BCUT2D eigenvalue weighted by atomic mass is 17.2. The number of hydrogen-bond acceptors (Lipinski definition) is 3. The van der Waals surface area contributed by atoms with Crippen molar-refractivity contribution in [2.24, 2.45) is 0 Å². The highest BCUT2D eigenvalue weighted by molar-refractivity contribution is 5.34. The van der Waals surface area contributed by atoms with Gasteiger partial charge in [0.2, 0.25) is 0 Å². The Labute approximate surface area is 76.8 Å². The van der Waals surface area contributed by atoms with Crippen LogP contribution in [0.3, 0.4) is 0 Å². The fourth-order valence-corrected chi connectivity index (χ4v) is 1.54. The molecule has 0 amide bonds. The van der Waals surface area contributed by atoms with E-state index in [1.54, 1.807) is 6.07 Å². The number of rotatable bonds is 1. The Hall–Kier alpha value is -1.06. The van der Waals surface area contributed by atoms with Crippen molar-refractivity contribution in [3.05, 3.63) is 29.8 Å². The molecule has 3 nitrogen and oxygen atoms in total. The van der Waals surface area contributed by atoms with Crippen LogP contribution in [0.4, 0.5) is 0 Å². The molecular weight excluding hydrogens is 168 g/mol. The minimum Gasteiger partial charge on any atom is -0.508 e. The maximum absolute atomic E-state index is 9.57. The fraction of sp³-hybridized carbons (Fsp3) is 0.400. The molecule has 1 aromatic rings. The van der Waals surface area contributed by atoms with E-state index < -0.39 is 0 Å². The summed E-state index contributed by atoms with van der Waals surface area (Å²) in [7, 11) is 0. The lowest BCUT2D eigenvalue weighted by Gasteiger charge is -2.21. The van der Waals surface area contributed by atoms with E-state index >= 15 is 0 Å². The molecule has 0 radical (unpaired) electrons. The Morgan fingerprint density at radius 3 is 2.77 bits per heavy atom. The molecule has 1 atom stereocenters. The number of benzene rings is 1. The minimum atomic E-state index is 0.259. The molecule has 13 heavy (non-hydrogen) atoms. The second-order valence-corrected chi connectivity index (χ2v) is 3.15. The molecule has 1 fully saturated rings. The normalized spacial score (nSPS) is 22.9. The van der Waals surface area contributed by atoms with E-state index in [4.69, 9.17) is 9.78 Å². The molecule has 0 saturated carbocycles. The van der Waals surface area contributed by atoms with Crippen LogP contribution >= 0.6 is 0 Å². The number of aromatic hydroxyl groups is 1. The number of hydrogen-bond donors (Lipinski definition) is 1. The Morgan fingerprint density at radius 2 is 2.08 bits per heavy atom. The molecule has 1 unspecified atom stereocenters. The molecule has 0 spiro atoms. The highest BCUT2D eigenvalue weighted by Crippen LogP contribution is 2.29. The molecule has 0 aromatic heterocycles. The van der Waals surface area contributed by atoms with Crippen LogP contribution in [-0.4, -0.2) is 18.3 Å². The molecule has 0 aliphatic carbocycles. The van der Waals surface area contributed by atoms with Gasteiger partial charge in [-0.25, -0.2) is 9.78 Å². The van der Waals surface area contributed by atoms with Crippen LogP contribution in [0.1, 0.15) is 17.9 Å². The van der Waals surface area contributed by atoms with Crippen molar-refractivity contribution in [1.29, 1.82) is 0 Å². The van der Waals surface area contributed by atoms with Gasteiger partial charge in [0.1, 0.15) is 5.75 Å². The van der Waals surface area contributed by atoms with Crippen molar-refractivity contribution < 1.29 is 14.9 Å². The lowest BCUT2D eigenvalue weighted by atomic mass is 9.96. The van der Waals surface area contributed by atoms with Gasteiger partial charge in [-0.05, 0) is 18.1 Å². The lowest BCUT2D eigenvalue weighted by molar-refractivity contribution is -0.317. The molecule has 1 saturated heterocycles. The van der Waals surface area contributed by atoms with Gasteiger partial charge < -0.3 is 5.11 Å². The Balaban J connectivity index is 2.18. The van der Waals surface area contributed by atoms with Crippen LogP contribution in [0, 0.1) is 0 Å². The Bertz CT molecular complexity index is 279. The van der Waals surface area contributed by atoms with Gasteiger partial charge in [0.25, 0.3) is 0 Å². The zero-order valence-electron chi connectivity index (χ0n) is 7.27. The third kappa shape index (κ3) is 1.82. The minimum absolute atomic E-state index is 0.259. The smallest absolute Gasteiger partial charge is 0.119 e. The molecule has 0 bridgehead atoms. The molecular formula is C10H12O3. The van der Waals surface area contributed by atoms with E-state index in [0.29, 0.717) is 19.0 Å². The molecule has 3 heteroatoms. The van der Waals surface area contributed by atoms with Crippen molar-refractivity contribution in [1.82, 2.24) is 0 Å². The summed E-state index contributed by atoms with van der Waals surface area (Å²) in [5.74, 6) is 0.605. The quantitative estimate of drug-likeness (QED) is 0.670. The lowest BCUT2D eigenvalue weighted by Crippen LogP contribution is -2.17. The summed E-state index contributed by atoms with van der Waals surface area (Å²) in [4.78, 5) is 9.66. The Morgan fingerprint density at radius 1 is 1.23 bits per heavy atom. The van der Waals surface area contributed by atoms with Gasteiger partial charge in [0.15, 0.2) is 0 Å². The molecule has 1 aromatic carbocycles. The summed E-state index contributed by atoms with van der Waals surface area (Å²) in [6.45, 7) is 1.12. The maximum atomic E-state index is 9.57. The second kappa shape index (κ2) is 3.77. The van der Waals surface area contributed by atoms with Crippen LogP contribution in [0.25, 0.3) is 0 Å². The summed E-state index contributed by atoms with van der Waals surface area (Å²) in [5, 5.41) is 9.57. The van der Waals surface area contributed by atoms with Crippen LogP contribution in [-0.2, 0) is 9.78 Å². The first kappa shape index (κ1) is 8.53. The molecule has 1 heterocycles. The monoisotopic (exact) mass is 180 g/mol. The predicted molar refractivity (Wildman–Crippen MR) is 47.4 cm³/mol. The number of para-hydroxylation sites is 1. The summed E-state index contributed by atoms with van der Waals surface area (Å²) in [6, 6.07) is 7.36. The number of phenols is 1. The Kier molecular flexibility index (Phi) is 2.47. The van der Waals surface area contributed by atoms with E-state index in [1.807, 2.05) is 18.2 Å². The largest absolute Gasteiger partial charge is 0.508 e. The van der Waals surface area contributed by atoms with Gasteiger partial charge in [-0.3, -0.25) is 0 Å². The van der Waals surface area contributed by atoms with Crippen molar-refractivity contribution >= 4 is 0 Å². The summed E-state index contributed by atoms with van der Waals surface area (Å²) in [6.07, 6.45) is 0.900. The standard InChI is InChI=1S/C10H12O3/c11-10-4-2-1-3-9(10)8-5-6-12-13-7-8/h1-4,8,11H,5-7H2. The molecule has 1 aliphatic rings. The SMILES string of the molecule is Oc1ccccc1C1CCOOC1. The zero-order valence-corrected chi connectivity index (χ0v) is 7.27. The fourth-order valence-electron chi connectivity index (χ4n) is 1.54. The van der Waals surface area contributed by atoms with Crippen LogP contribution < -0.4 is 0 Å². The topological polar surface area (TPSA) is 38.7 Å². The zero-order chi connectivity index (χ0) is 9.10. The maximum Gasteiger partial charge on any atom is 0.119 e. The average molecular weight is 180 g/mol. The van der Waals surface area contributed by atoms with Gasteiger partial charge in [0.05, 0.1) is 13.2 Å². The number of phenolic OH excluding ortho intramolecular Hbond substituents is 1. The predicted octanol–water partition coefficient (Wildman–Crippen LogP) is 1.83. The van der Waals surface area contributed by atoms with Crippen molar-refractivity contribution in [3.8, 4) is 5.75 Å². The molecule has 1 aliphatic heterocycles. The molecule has 1 N–H and O–H groups in total. The van der Waals surface area contributed by atoms with Crippen LogP contribution in [0.15, 0.2) is 24.3 Å². The van der Waals surface area contributed by atoms with Crippen molar-refractivity contribution in [2.45, 2.75) is 12.3 Å². The van der Waals surface area contributed by atoms with Gasteiger partial charge in [0, 0.05) is 5.92 Å². The van der Waals surface area contributed by atoms with Gasteiger partial charge in [-0.1, -0.05) is 18.2 Å². The van der Waals surface area contributed by atoms with Crippen LogP contribution in [0.5, 0.6) is 5.75 Å². The van der Waals surface area contributed by atoms with Crippen LogP contribution in [0.2, 0.25) is 0 Å². The average Bonchev–Trinajstić information content (AvgIpc) is 2.20. The van der Waals surface area contributed by atoms with Crippen molar-refractivity contribution in [3.63, 3.8) is 0 Å². The first-order valence-corrected chi connectivity index (χ1v) is 4.40.